The van der Waals surface area contributed by atoms with Crippen LogP contribution in [0.15, 0.2) is 66.7 Å². The predicted molar refractivity (Wildman–Crippen MR) is 108 cm³/mol. The maximum atomic E-state index is 13.3. The Kier molecular flexibility index (Phi) is 4.77. The van der Waals surface area contributed by atoms with Crippen molar-refractivity contribution in [3.63, 3.8) is 0 Å². The van der Waals surface area contributed by atoms with E-state index >= 15 is 0 Å². The van der Waals surface area contributed by atoms with Gasteiger partial charge in [0.2, 0.25) is 0 Å². The van der Waals surface area contributed by atoms with Gasteiger partial charge in [-0.1, -0.05) is 42.5 Å². The SMILES string of the molecule is Cc1cc2c(cc(C(=O)NCc3cccc(F)c3)n2Cc2ccccc2)s1. The molecule has 2 heterocycles. The van der Waals surface area contributed by atoms with E-state index in [1.54, 1.807) is 23.5 Å². The van der Waals surface area contributed by atoms with E-state index in [-0.39, 0.29) is 11.7 Å². The molecule has 0 unspecified atom stereocenters. The van der Waals surface area contributed by atoms with Crippen LogP contribution in [0.2, 0.25) is 0 Å². The fourth-order valence-corrected chi connectivity index (χ4v) is 4.17. The molecule has 27 heavy (non-hydrogen) atoms. The number of carbonyl (C=O) groups excluding carboxylic acids is 1. The number of halogens is 1. The van der Waals surface area contributed by atoms with Crippen molar-refractivity contribution in [1.82, 2.24) is 9.88 Å². The number of carbonyl (C=O) groups is 1. The van der Waals surface area contributed by atoms with Crippen LogP contribution in [0.1, 0.15) is 26.5 Å². The molecular formula is C22H19FN2OS. The molecule has 0 aliphatic carbocycles. The highest BCUT2D eigenvalue weighted by molar-refractivity contribution is 7.19. The molecule has 0 fully saturated rings. The van der Waals surface area contributed by atoms with E-state index in [2.05, 4.69) is 35.0 Å². The first-order valence-corrected chi connectivity index (χ1v) is 9.58. The van der Waals surface area contributed by atoms with Crippen LogP contribution in [0, 0.1) is 12.7 Å². The van der Waals surface area contributed by atoms with Crippen LogP contribution in [0.5, 0.6) is 0 Å². The summed E-state index contributed by atoms with van der Waals surface area (Å²) in [4.78, 5) is 14.1. The number of aromatic nitrogens is 1. The highest BCUT2D eigenvalue weighted by atomic mass is 32.1. The van der Waals surface area contributed by atoms with E-state index in [4.69, 9.17) is 0 Å². The van der Waals surface area contributed by atoms with Gasteiger partial charge in [-0.3, -0.25) is 4.79 Å². The summed E-state index contributed by atoms with van der Waals surface area (Å²) in [5, 5.41) is 2.91. The molecule has 0 bridgehead atoms. The number of fused-ring (bicyclic) bond motifs is 1. The van der Waals surface area contributed by atoms with E-state index in [9.17, 15) is 9.18 Å². The number of aryl methyl sites for hydroxylation is 1. The van der Waals surface area contributed by atoms with Gasteiger partial charge in [-0.25, -0.2) is 4.39 Å². The van der Waals surface area contributed by atoms with Crippen molar-refractivity contribution < 1.29 is 9.18 Å². The van der Waals surface area contributed by atoms with Gasteiger partial charge in [0.05, 0.1) is 10.2 Å². The summed E-state index contributed by atoms with van der Waals surface area (Å²) in [5.41, 5.74) is 3.56. The molecule has 136 valence electrons. The van der Waals surface area contributed by atoms with Crippen molar-refractivity contribution in [3.8, 4) is 0 Å². The first kappa shape index (κ1) is 17.5. The van der Waals surface area contributed by atoms with Crippen molar-refractivity contribution in [1.29, 1.82) is 0 Å². The second-order valence-electron chi connectivity index (χ2n) is 6.52. The molecule has 5 heteroatoms. The topological polar surface area (TPSA) is 34.0 Å². The highest BCUT2D eigenvalue weighted by Crippen LogP contribution is 2.29. The Morgan fingerprint density at radius 2 is 1.81 bits per heavy atom. The normalized spacial score (nSPS) is 11.0. The van der Waals surface area contributed by atoms with Crippen LogP contribution < -0.4 is 5.32 Å². The molecule has 0 aliphatic heterocycles. The van der Waals surface area contributed by atoms with Crippen molar-refractivity contribution >= 4 is 27.5 Å². The molecule has 3 nitrogen and oxygen atoms in total. The maximum absolute atomic E-state index is 13.3. The smallest absolute Gasteiger partial charge is 0.268 e. The number of rotatable bonds is 5. The van der Waals surface area contributed by atoms with Gasteiger partial charge in [0, 0.05) is 18.0 Å². The molecule has 4 rings (SSSR count). The lowest BCUT2D eigenvalue weighted by Gasteiger charge is -2.11. The molecule has 0 atom stereocenters. The monoisotopic (exact) mass is 378 g/mol. The maximum Gasteiger partial charge on any atom is 0.268 e. The molecule has 0 saturated heterocycles. The van der Waals surface area contributed by atoms with Crippen LogP contribution in [-0.4, -0.2) is 10.5 Å². The minimum atomic E-state index is -0.301. The van der Waals surface area contributed by atoms with E-state index in [0.29, 0.717) is 18.8 Å². The summed E-state index contributed by atoms with van der Waals surface area (Å²) in [6.45, 7) is 2.99. The molecule has 2 aromatic heterocycles. The second kappa shape index (κ2) is 7.37. The largest absolute Gasteiger partial charge is 0.347 e. The third-order valence-electron chi connectivity index (χ3n) is 4.47. The van der Waals surface area contributed by atoms with E-state index in [1.807, 2.05) is 24.3 Å². The van der Waals surface area contributed by atoms with E-state index in [1.165, 1.54) is 17.0 Å². The lowest BCUT2D eigenvalue weighted by molar-refractivity contribution is 0.0942. The van der Waals surface area contributed by atoms with Crippen molar-refractivity contribution in [2.45, 2.75) is 20.0 Å². The molecule has 0 aliphatic rings. The summed E-state index contributed by atoms with van der Waals surface area (Å²) in [6.07, 6.45) is 0. The van der Waals surface area contributed by atoms with Crippen molar-refractivity contribution in [2.24, 2.45) is 0 Å². The van der Waals surface area contributed by atoms with Gasteiger partial charge in [0.25, 0.3) is 5.91 Å². The summed E-state index contributed by atoms with van der Waals surface area (Å²) >= 11 is 1.68. The molecule has 1 N–H and O–H groups in total. The number of benzene rings is 2. The number of amides is 1. The van der Waals surface area contributed by atoms with E-state index < -0.39 is 0 Å². The first-order chi connectivity index (χ1) is 13.1. The number of hydrogen-bond acceptors (Lipinski definition) is 2. The molecule has 0 radical (unpaired) electrons. The first-order valence-electron chi connectivity index (χ1n) is 8.76. The number of nitrogens with zero attached hydrogens (tertiary/aromatic N) is 1. The van der Waals surface area contributed by atoms with Crippen molar-refractivity contribution in [2.75, 3.05) is 0 Å². The average molecular weight is 378 g/mol. The Bertz CT molecular complexity index is 1100. The van der Waals surface area contributed by atoms with Gasteiger partial charge >= 0.3 is 0 Å². The van der Waals surface area contributed by atoms with Crippen LogP contribution in [-0.2, 0) is 13.1 Å². The van der Waals surface area contributed by atoms with Gasteiger partial charge in [-0.2, -0.15) is 0 Å². The minimum Gasteiger partial charge on any atom is -0.347 e. The van der Waals surface area contributed by atoms with Gasteiger partial charge in [0.15, 0.2) is 0 Å². The zero-order valence-electron chi connectivity index (χ0n) is 14.9. The molecule has 4 aromatic rings. The zero-order chi connectivity index (χ0) is 18.8. The number of nitrogens with one attached hydrogen (secondary N) is 1. The Hall–Kier alpha value is -2.92. The third kappa shape index (κ3) is 3.78. The summed E-state index contributed by atoms with van der Waals surface area (Å²) in [5.74, 6) is -0.457. The molecule has 0 spiro atoms. The average Bonchev–Trinajstić information content (AvgIpc) is 3.18. The van der Waals surface area contributed by atoms with Gasteiger partial charge in [-0.15, -0.1) is 11.3 Å². The fourth-order valence-electron chi connectivity index (χ4n) is 3.21. The number of thiophene rings is 1. The highest BCUT2D eigenvalue weighted by Gasteiger charge is 2.17. The molecule has 0 saturated carbocycles. The standard InChI is InChI=1S/C22H19FN2OS/c1-15-10-19-21(27-15)12-20(25(19)14-16-6-3-2-4-7-16)22(26)24-13-17-8-5-9-18(23)11-17/h2-12H,13-14H2,1H3,(H,24,26). The van der Waals surface area contributed by atoms with Crippen LogP contribution in [0.4, 0.5) is 4.39 Å². The van der Waals surface area contributed by atoms with Crippen LogP contribution >= 0.6 is 11.3 Å². The van der Waals surface area contributed by atoms with Crippen LogP contribution in [0.3, 0.4) is 0 Å². The zero-order valence-corrected chi connectivity index (χ0v) is 15.7. The van der Waals surface area contributed by atoms with Gasteiger partial charge in [0.1, 0.15) is 11.5 Å². The van der Waals surface area contributed by atoms with Crippen molar-refractivity contribution in [3.05, 3.63) is 94.2 Å². The van der Waals surface area contributed by atoms with E-state index in [0.717, 1.165) is 21.3 Å². The fraction of sp³-hybridized carbons (Fsp3) is 0.136. The predicted octanol–water partition coefficient (Wildman–Crippen LogP) is 5.13. The van der Waals surface area contributed by atoms with Gasteiger partial charge < -0.3 is 9.88 Å². The Morgan fingerprint density at radius 3 is 2.59 bits per heavy atom. The second-order valence-corrected chi connectivity index (χ2v) is 7.81. The summed E-state index contributed by atoms with van der Waals surface area (Å²) in [6, 6.07) is 20.4. The van der Waals surface area contributed by atoms with Gasteiger partial charge in [-0.05, 0) is 42.3 Å². The number of hydrogen-bond donors (Lipinski definition) is 1. The Labute approximate surface area is 161 Å². The molecule has 1 amide bonds. The van der Waals surface area contributed by atoms with Crippen LogP contribution in [0.25, 0.3) is 10.2 Å². The molecular weight excluding hydrogens is 359 g/mol. The lowest BCUT2D eigenvalue weighted by atomic mass is 10.2. The minimum absolute atomic E-state index is 0.156. The summed E-state index contributed by atoms with van der Waals surface area (Å²) < 4.78 is 16.5. The Balaban J connectivity index is 1.63. The lowest BCUT2D eigenvalue weighted by Crippen LogP contribution is -2.25. The molecule has 2 aromatic carbocycles. The Morgan fingerprint density at radius 1 is 1.04 bits per heavy atom. The quantitative estimate of drug-likeness (QED) is 0.513. The summed E-state index contributed by atoms with van der Waals surface area (Å²) in [7, 11) is 0. The third-order valence-corrected chi connectivity index (χ3v) is 5.46.